The molecule has 52 heavy (non-hydrogen) atoms. The third-order valence-electron chi connectivity index (χ3n) is 11.9. The Balaban J connectivity index is 0.862. The van der Waals surface area contributed by atoms with Gasteiger partial charge in [0, 0.05) is 86.2 Å². The first kappa shape index (κ1) is 36.0. The van der Waals surface area contributed by atoms with Crippen LogP contribution in [0.5, 0.6) is 0 Å². The van der Waals surface area contributed by atoms with Crippen molar-refractivity contribution in [3.05, 3.63) is 59.6 Å². The summed E-state index contributed by atoms with van der Waals surface area (Å²) >= 11 is 6.17. The highest BCUT2D eigenvalue weighted by molar-refractivity contribution is 6.31. The van der Waals surface area contributed by atoms with Crippen molar-refractivity contribution in [3.8, 4) is 0 Å². The Kier molecular flexibility index (Phi) is 11.2. The summed E-state index contributed by atoms with van der Waals surface area (Å²) in [7, 11) is 0. The largest absolute Gasteiger partial charge is 0.467 e. The predicted octanol–water partition coefficient (Wildman–Crippen LogP) is 6.45. The average Bonchev–Trinajstić information content (AvgIpc) is 3.92. The minimum atomic E-state index is -0.956. The number of furan rings is 1. The van der Waals surface area contributed by atoms with Crippen LogP contribution in [0.3, 0.4) is 0 Å². The third kappa shape index (κ3) is 7.94. The maximum absolute atomic E-state index is 13.6. The van der Waals surface area contributed by atoms with Gasteiger partial charge in [-0.2, -0.15) is 9.78 Å². The van der Waals surface area contributed by atoms with Gasteiger partial charge in [-0.25, -0.2) is 4.79 Å². The van der Waals surface area contributed by atoms with E-state index in [1.54, 1.807) is 17.4 Å². The summed E-state index contributed by atoms with van der Waals surface area (Å²) in [5.41, 5.74) is 1.80. The highest BCUT2D eigenvalue weighted by Gasteiger charge is 2.70. The van der Waals surface area contributed by atoms with E-state index in [4.69, 9.17) is 40.0 Å². The van der Waals surface area contributed by atoms with E-state index >= 15 is 0 Å². The highest BCUT2D eigenvalue weighted by atomic mass is 35.5. The summed E-state index contributed by atoms with van der Waals surface area (Å²) in [6.45, 7) is 7.98. The van der Waals surface area contributed by atoms with Crippen molar-refractivity contribution in [3.63, 3.8) is 0 Å². The van der Waals surface area contributed by atoms with Gasteiger partial charge in [0.2, 0.25) is 11.6 Å². The zero-order chi connectivity index (χ0) is 35.4. The fourth-order valence-corrected chi connectivity index (χ4v) is 9.56. The molecule has 4 heterocycles. The number of nitrogens with one attached hydrogen (secondary N) is 2. The van der Waals surface area contributed by atoms with Gasteiger partial charge in [-0.05, 0) is 93.3 Å². The summed E-state index contributed by atoms with van der Waals surface area (Å²) in [6.07, 6.45) is 10.3. The molecule has 13 heteroatoms. The van der Waals surface area contributed by atoms with E-state index in [2.05, 4.69) is 20.5 Å². The normalized spacial score (nSPS) is 29.4. The number of anilines is 1. The van der Waals surface area contributed by atoms with Crippen LogP contribution in [0.4, 0.5) is 10.5 Å². The number of rotatable bonds is 17. The van der Waals surface area contributed by atoms with Crippen LogP contribution in [-0.2, 0) is 30.5 Å². The van der Waals surface area contributed by atoms with Gasteiger partial charge in [0.25, 0.3) is 0 Å². The lowest BCUT2D eigenvalue weighted by molar-refractivity contribution is -0.369. The standard InChI is InChI=1S/C39H52ClN5O7/c40-31-5-6-33-35(7-12-43-36(33)26-31)42-11-3-14-45(27-32-4-1-18-48-32)37(46)49-19-9-38(8-2-10-41-13-15-44-16-20-47-21-17-44)50-39(52-51-38)30-23-28-22-29(25-30)34(39)24-28/h1,4-7,12,18,26,28-30,34,41H,2-3,8-11,13-17,19-25,27H2,(H,42,43). The molecular weight excluding hydrogens is 686 g/mol. The fourth-order valence-electron chi connectivity index (χ4n) is 9.40. The molecule has 6 unspecified atom stereocenters. The van der Waals surface area contributed by atoms with Crippen LogP contribution >= 0.6 is 11.6 Å². The lowest BCUT2D eigenvalue weighted by Crippen LogP contribution is -2.47. The van der Waals surface area contributed by atoms with Gasteiger partial charge in [0.1, 0.15) is 5.76 Å². The quantitative estimate of drug-likeness (QED) is 0.118. The fraction of sp³-hybridized carbons (Fsp3) is 0.641. The molecule has 0 radical (unpaired) electrons. The molecular formula is C39H52ClN5O7. The summed E-state index contributed by atoms with van der Waals surface area (Å²) in [6, 6.07) is 11.3. The molecule has 2 saturated heterocycles. The first-order valence-electron chi connectivity index (χ1n) is 19.3. The van der Waals surface area contributed by atoms with Gasteiger partial charge in [-0.1, -0.05) is 11.6 Å². The van der Waals surface area contributed by atoms with E-state index in [9.17, 15) is 4.79 Å². The number of ether oxygens (including phenoxy) is 3. The molecule has 2 N–H and O–H groups in total. The number of benzene rings is 1. The number of carbonyl (C=O) groups excluding carboxylic acids is 1. The molecule has 2 aliphatic heterocycles. The van der Waals surface area contributed by atoms with Crippen molar-refractivity contribution in [2.24, 2.45) is 23.7 Å². The van der Waals surface area contributed by atoms with Crippen LogP contribution < -0.4 is 10.6 Å². The van der Waals surface area contributed by atoms with Gasteiger partial charge in [-0.3, -0.25) is 9.88 Å². The third-order valence-corrected chi connectivity index (χ3v) is 12.1. The molecule has 2 aromatic heterocycles. The van der Waals surface area contributed by atoms with Crippen LogP contribution in [0.2, 0.25) is 5.02 Å². The van der Waals surface area contributed by atoms with Crippen molar-refractivity contribution < 1.29 is 33.2 Å². The first-order valence-corrected chi connectivity index (χ1v) is 19.7. The molecule has 6 fully saturated rings. The predicted molar refractivity (Wildman–Crippen MR) is 195 cm³/mol. The van der Waals surface area contributed by atoms with Crippen molar-refractivity contribution in [1.29, 1.82) is 0 Å². The Bertz CT molecular complexity index is 1640. The van der Waals surface area contributed by atoms with Crippen molar-refractivity contribution in [1.82, 2.24) is 20.1 Å². The summed E-state index contributed by atoms with van der Waals surface area (Å²) in [4.78, 5) is 34.7. The zero-order valence-electron chi connectivity index (χ0n) is 29.9. The Labute approximate surface area is 310 Å². The smallest absolute Gasteiger partial charge is 0.410 e. The number of amides is 1. The molecule has 1 amide bonds. The topological polar surface area (TPSA) is 120 Å². The van der Waals surface area contributed by atoms with Gasteiger partial charge in [0.05, 0.1) is 38.1 Å². The number of morpholine rings is 1. The molecule has 282 valence electrons. The first-order chi connectivity index (χ1) is 25.5. The Hall–Kier alpha value is -2.97. The second-order valence-electron chi connectivity index (χ2n) is 15.2. The van der Waals surface area contributed by atoms with E-state index in [0.29, 0.717) is 67.4 Å². The number of carbonyl (C=O) groups is 1. The second-order valence-corrected chi connectivity index (χ2v) is 15.7. The van der Waals surface area contributed by atoms with E-state index in [1.807, 2.05) is 36.4 Å². The van der Waals surface area contributed by atoms with Crippen LogP contribution in [0.15, 0.2) is 53.3 Å². The maximum atomic E-state index is 13.6. The van der Waals surface area contributed by atoms with Crippen LogP contribution in [0, 0.1) is 23.7 Å². The summed E-state index contributed by atoms with van der Waals surface area (Å²) in [5.74, 6) is 1.26. The molecule has 3 aromatic rings. The number of aromatic nitrogens is 1. The number of hydrogen-bond donors (Lipinski definition) is 2. The lowest BCUT2D eigenvalue weighted by Gasteiger charge is -2.39. The van der Waals surface area contributed by atoms with Crippen LogP contribution in [-0.4, -0.2) is 98.1 Å². The van der Waals surface area contributed by atoms with Gasteiger partial charge in [0.15, 0.2) is 0 Å². The van der Waals surface area contributed by atoms with Crippen molar-refractivity contribution >= 4 is 34.3 Å². The average molecular weight is 738 g/mol. The minimum Gasteiger partial charge on any atom is -0.467 e. The van der Waals surface area contributed by atoms with Gasteiger partial charge >= 0.3 is 6.09 Å². The Morgan fingerprint density at radius 1 is 1.04 bits per heavy atom. The molecule has 12 nitrogen and oxygen atoms in total. The van der Waals surface area contributed by atoms with Gasteiger partial charge in [-0.15, -0.1) is 0 Å². The van der Waals surface area contributed by atoms with Gasteiger partial charge < -0.3 is 34.2 Å². The SMILES string of the molecule is O=C(OCCC1(CCCNCCN2CCOCC2)OOC2(O1)C1CC3CC(C1)C2C3)N(CCCNc1ccnc2cc(Cl)ccc12)Cc1ccco1. The monoisotopic (exact) mass is 737 g/mol. The molecule has 4 saturated carbocycles. The minimum absolute atomic E-state index is 0.155. The van der Waals surface area contributed by atoms with E-state index in [0.717, 1.165) is 94.1 Å². The number of hydrogen-bond acceptors (Lipinski definition) is 11. The lowest BCUT2D eigenvalue weighted by atomic mass is 9.78. The highest BCUT2D eigenvalue weighted by Crippen LogP contribution is 2.67. The van der Waals surface area contributed by atoms with E-state index in [-0.39, 0.29) is 6.61 Å². The number of fused-ring (bicyclic) bond motifs is 1. The Morgan fingerprint density at radius 2 is 1.96 bits per heavy atom. The summed E-state index contributed by atoms with van der Waals surface area (Å²) < 4.78 is 24.1. The number of pyridine rings is 1. The molecule has 4 aliphatic carbocycles. The molecule has 9 rings (SSSR count). The Morgan fingerprint density at radius 3 is 2.83 bits per heavy atom. The zero-order valence-corrected chi connectivity index (χ0v) is 30.7. The van der Waals surface area contributed by atoms with E-state index < -0.39 is 17.7 Å². The second kappa shape index (κ2) is 16.2. The molecule has 4 bridgehead atoms. The molecule has 1 spiro atoms. The summed E-state index contributed by atoms with van der Waals surface area (Å²) in [5, 5.41) is 8.74. The maximum Gasteiger partial charge on any atom is 0.410 e. The van der Waals surface area contributed by atoms with E-state index in [1.165, 1.54) is 6.42 Å². The van der Waals surface area contributed by atoms with Crippen molar-refractivity contribution in [2.75, 3.05) is 71.0 Å². The number of nitrogens with zero attached hydrogens (tertiary/aromatic N) is 3. The van der Waals surface area contributed by atoms with Crippen LogP contribution in [0.1, 0.15) is 57.1 Å². The van der Waals surface area contributed by atoms with Crippen LogP contribution in [0.25, 0.3) is 10.9 Å². The molecule has 6 atom stereocenters. The number of halogens is 1. The molecule has 6 aliphatic rings. The molecule has 1 aromatic carbocycles. The van der Waals surface area contributed by atoms with Crippen molar-refractivity contribution in [2.45, 2.75) is 69.5 Å².